The monoisotopic (exact) mass is 647 g/mol. The summed E-state index contributed by atoms with van der Waals surface area (Å²) in [5.41, 5.74) is -2.05. The molecule has 0 saturated heterocycles. The highest BCUT2D eigenvalue weighted by Gasteiger charge is 2.38. The molecule has 0 fully saturated rings. The first kappa shape index (κ1) is 32.2. The van der Waals surface area contributed by atoms with Crippen LogP contribution in [-0.2, 0) is 31.9 Å². The fourth-order valence-corrected chi connectivity index (χ4v) is 6.49. The third-order valence-electron chi connectivity index (χ3n) is 6.66. The van der Waals surface area contributed by atoms with Crippen LogP contribution in [-0.4, -0.2) is 34.1 Å². The van der Waals surface area contributed by atoms with Gasteiger partial charge in [0, 0.05) is 17.0 Å². The van der Waals surface area contributed by atoms with Crippen LogP contribution in [0.25, 0.3) is 11.6 Å². The van der Waals surface area contributed by atoms with Crippen LogP contribution in [0.2, 0.25) is 5.02 Å². The fourth-order valence-electron chi connectivity index (χ4n) is 4.62. The summed E-state index contributed by atoms with van der Waals surface area (Å²) < 4.78 is 120. The molecule has 0 saturated carbocycles. The van der Waals surface area contributed by atoms with Crippen LogP contribution in [0, 0.1) is 0 Å². The lowest BCUT2D eigenvalue weighted by Gasteiger charge is -2.35. The number of rotatable bonds is 7. The predicted octanol–water partition coefficient (Wildman–Crippen LogP) is 7.85. The van der Waals surface area contributed by atoms with Gasteiger partial charge in [0.25, 0.3) is 10.0 Å². The average Bonchev–Trinajstić information content (AvgIpc) is 2.94. The number of alkyl halides is 6. The molecule has 6 nitrogen and oxygen atoms in total. The second kappa shape index (κ2) is 12.1. The first-order valence-corrected chi connectivity index (χ1v) is 14.5. The summed E-state index contributed by atoms with van der Waals surface area (Å²) in [6.45, 7) is 1.05. The number of anilines is 1. The first-order chi connectivity index (χ1) is 20.0. The number of halogens is 7. The summed E-state index contributed by atoms with van der Waals surface area (Å²) >= 11 is 6.12. The quantitative estimate of drug-likeness (QED) is 0.148. The molecule has 230 valence electrons. The van der Waals surface area contributed by atoms with Crippen LogP contribution in [0.4, 0.5) is 32.0 Å². The lowest BCUT2D eigenvalue weighted by molar-refractivity contribution is -0.141. The van der Waals surface area contributed by atoms with Crippen LogP contribution < -0.4 is 9.04 Å². The summed E-state index contributed by atoms with van der Waals surface area (Å²) in [4.78, 5) is 11.1. The molecule has 1 heterocycles. The Labute approximate surface area is 248 Å². The standard InChI is InChI=1S/C29H24ClF6NO5S/c1-17(27-22(29(34,35)36)7-4-8-23(27)30)13-18-9-11-25-24(14-18)37(16-20(42-25)10-12-26(38)41-2)43(39,40)21-6-3-5-19(15-21)28(31,32)33/h3-9,11,13-15,20H,10,12,16H2,1-2H3/b17-13+/t20-/m0/s1. The van der Waals surface area contributed by atoms with Crippen molar-refractivity contribution in [2.24, 2.45) is 0 Å². The molecule has 0 radical (unpaired) electrons. The fraction of sp³-hybridized carbons (Fsp3) is 0.276. The summed E-state index contributed by atoms with van der Waals surface area (Å²) in [7, 11) is -3.44. The molecule has 0 bridgehead atoms. The van der Waals surface area contributed by atoms with Crippen LogP contribution in [0.3, 0.4) is 0 Å². The molecule has 0 spiro atoms. The van der Waals surface area contributed by atoms with E-state index in [-0.39, 0.29) is 52.5 Å². The van der Waals surface area contributed by atoms with Gasteiger partial charge >= 0.3 is 18.3 Å². The van der Waals surface area contributed by atoms with Gasteiger partial charge in [-0.25, -0.2) is 8.42 Å². The van der Waals surface area contributed by atoms with Crippen molar-refractivity contribution in [3.05, 3.63) is 87.9 Å². The van der Waals surface area contributed by atoms with E-state index in [1.807, 2.05) is 0 Å². The van der Waals surface area contributed by atoms with Gasteiger partial charge in [-0.05, 0) is 66.9 Å². The van der Waals surface area contributed by atoms with Gasteiger partial charge in [-0.3, -0.25) is 9.10 Å². The minimum absolute atomic E-state index is 0.0359. The van der Waals surface area contributed by atoms with E-state index in [0.29, 0.717) is 6.07 Å². The van der Waals surface area contributed by atoms with E-state index >= 15 is 0 Å². The van der Waals surface area contributed by atoms with Gasteiger partial charge in [-0.2, -0.15) is 26.3 Å². The molecular formula is C29H24ClF6NO5S. The molecular weight excluding hydrogens is 624 g/mol. The van der Waals surface area contributed by atoms with E-state index in [1.165, 1.54) is 50.4 Å². The zero-order chi connectivity index (χ0) is 31.7. The highest BCUT2D eigenvalue weighted by Crippen LogP contribution is 2.42. The number of carbonyl (C=O) groups is 1. The molecule has 1 aliphatic heterocycles. The van der Waals surface area contributed by atoms with Crippen molar-refractivity contribution < 1.29 is 49.0 Å². The highest BCUT2D eigenvalue weighted by atomic mass is 35.5. The van der Waals surface area contributed by atoms with Gasteiger partial charge in [0.15, 0.2) is 0 Å². The molecule has 4 rings (SSSR count). The van der Waals surface area contributed by atoms with Crippen molar-refractivity contribution in [1.82, 2.24) is 0 Å². The zero-order valence-corrected chi connectivity index (χ0v) is 24.2. The Morgan fingerprint density at radius 3 is 2.40 bits per heavy atom. The van der Waals surface area contributed by atoms with Crippen LogP contribution in [0.1, 0.15) is 42.0 Å². The Morgan fingerprint density at radius 2 is 1.74 bits per heavy atom. The van der Waals surface area contributed by atoms with E-state index < -0.39 is 50.5 Å². The number of methoxy groups -OCH3 is 1. The summed E-state index contributed by atoms with van der Waals surface area (Å²) in [6, 6.07) is 10.8. The maximum Gasteiger partial charge on any atom is 0.417 e. The van der Waals surface area contributed by atoms with Gasteiger partial charge in [0.1, 0.15) is 11.9 Å². The third kappa shape index (κ3) is 7.10. The molecule has 0 unspecified atom stereocenters. The lowest BCUT2D eigenvalue weighted by atomic mass is 9.98. The van der Waals surface area contributed by atoms with Gasteiger partial charge in [-0.1, -0.05) is 35.9 Å². The SMILES string of the molecule is COC(=O)CC[C@H]1CN(S(=O)(=O)c2cccc(C(F)(F)F)c2)c2cc(/C=C(\C)c3c(Cl)cccc3C(F)(F)F)ccc2O1. The van der Waals surface area contributed by atoms with Crippen molar-refractivity contribution in [1.29, 1.82) is 0 Å². The van der Waals surface area contributed by atoms with Crippen molar-refractivity contribution >= 4 is 44.9 Å². The number of hydrogen-bond acceptors (Lipinski definition) is 5. The number of sulfonamides is 1. The van der Waals surface area contributed by atoms with Crippen molar-refractivity contribution in [2.45, 2.75) is 43.1 Å². The molecule has 0 aliphatic carbocycles. The normalized spacial score (nSPS) is 16.0. The average molecular weight is 648 g/mol. The molecule has 3 aromatic rings. The van der Waals surface area contributed by atoms with Gasteiger partial charge in [0.2, 0.25) is 0 Å². The van der Waals surface area contributed by atoms with Gasteiger partial charge < -0.3 is 9.47 Å². The maximum atomic E-state index is 13.8. The lowest BCUT2D eigenvalue weighted by Crippen LogP contribution is -2.43. The number of benzene rings is 3. The van der Waals surface area contributed by atoms with Crippen molar-refractivity contribution in [3.63, 3.8) is 0 Å². The van der Waals surface area contributed by atoms with E-state index in [0.717, 1.165) is 28.6 Å². The highest BCUT2D eigenvalue weighted by molar-refractivity contribution is 7.92. The number of esters is 1. The second-order valence-corrected chi connectivity index (χ2v) is 11.9. The minimum Gasteiger partial charge on any atom is -0.486 e. The zero-order valence-electron chi connectivity index (χ0n) is 22.6. The Bertz CT molecular complexity index is 1670. The van der Waals surface area contributed by atoms with Crippen LogP contribution >= 0.6 is 11.6 Å². The number of ether oxygens (including phenoxy) is 2. The van der Waals surface area contributed by atoms with Gasteiger partial charge in [0.05, 0.1) is 35.4 Å². The number of hydrogen-bond donors (Lipinski definition) is 0. The van der Waals surface area contributed by atoms with Gasteiger partial charge in [-0.15, -0.1) is 0 Å². The summed E-state index contributed by atoms with van der Waals surface area (Å²) in [5, 5.41) is -0.146. The first-order valence-electron chi connectivity index (χ1n) is 12.6. The third-order valence-corrected chi connectivity index (χ3v) is 8.75. The second-order valence-electron chi connectivity index (χ2n) is 9.63. The summed E-state index contributed by atoms with van der Waals surface area (Å²) in [5.74, 6) is -0.532. The molecule has 3 aromatic carbocycles. The number of fused-ring (bicyclic) bond motifs is 1. The van der Waals surface area contributed by atoms with Crippen molar-refractivity contribution in [2.75, 3.05) is 18.0 Å². The molecule has 14 heteroatoms. The number of allylic oxidation sites excluding steroid dienone is 1. The molecule has 1 aliphatic rings. The molecule has 43 heavy (non-hydrogen) atoms. The predicted molar refractivity (Wildman–Crippen MR) is 148 cm³/mol. The van der Waals surface area contributed by atoms with E-state index in [9.17, 15) is 39.6 Å². The molecule has 0 N–H and O–H groups in total. The number of carbonyl (C=O) groups excluding carboxylic acids is 1. The van der Waals surface area contributed by atoms with E-state index in [1.54, 1.807) is 0 Å². The van der Waals surface area contributed by atoms with E-state index in [4.69, 9.17) is 16.3 Å². The van der Waals surface area contributed by atoms with E-state index in [2.05, 4.69) is 4.74 Å². The Morgan fingerprint density at radius 1 is 1.05 bits per heavy atom. The molecule has 0 amide bonds. The Hall–Kier alpha value is -3.71. The smallest absolute Gasteiger partial charge is 0.417 e. The molecule has 0 aromatic heterocycles. The number of nitrogens with zero attached hydrogens (tertiary/aromatic N) is 1. The Balaban J connectivity index is 1.81. The van der Waals surface area contributed by atoms with Crippen molar-refractivity contribution in [3.8, 4) is 5.75 Å². The van der Waals surface area contributed by atoms with Crippen LogP contribution in [0.15, 0.2) is 65.6 Å². The molecule has 1 atom stereocenters. The maximum absolute atomic E-state index is 13.8. The summed E-state index contributed by atoms with van der Waals surface area (Å²) in [6.07, 6.45) is -9.08. The topological polar surface area (TPSA) is 72.9 Å². The largest absolute Gasteiger partial charge is 0.486 e. The Kier molecular flexibility index (Phi) is 9.08. The minimum atomic E-state index is -4.80. The van der Waals surface area contributed by atoms with Crippen LogP contribution in [0.5, 0.6) is 5.75 Å².